The number of fused-ring (bicyclic) bond motifs is 13. The van der Waals surface area contributed by atoms with Crippen LogP contribution in [0.25, 0.3) is 90.3 Å². The molecule has 43 heavy (non-hydrogen) atoms. The van der Waals surface area contributed by atoms with E-state index < -0.39 is 0 Å². The van der Waals surface area contributed by atoms with Crippen LogP contribution in [0.15, 0.2) is 127 Å². The molecule has 10 aromatic rings. The molecule has 0 N–H and O–H groups in total. The van der Waals surface area contributed by atoms with E-state index in [4.69, 9.17) is 9.97 Å². The van der Waals surface area contributed by atoms with Gasteiger partial charge in [-0.25, -0.2) is 9.97 Å². The van der Waals surface area contributed by atoms with Crippen molar-refractivity contribution in [3.8, 4) is 17.2 Å². The lowest BCUT2D eigenvalue weighted by Crippen LogP contribution is -2.03. The SMILES string of the molecule is c1ccc(-c2nc(-n3c4ccccc4c4c5ccccc5c5sc6ccccc6c5c43)nc3c2sc2ccccc23)cc1. The molecule has 0 atom stereocenters. The Morgan fingerprint density at radius 3 is 1.88 bits per heavy atom. The van der Waals surface area contributed by atoms with Gasteiger partial charge in [0, 0.05) is 52.0 Å². The second kappa shape index (κ2) is 8.71. The van der Waals surface area contributed by atoms with Crippen LogP contribution in [0.5, 0.6) is 0 Å². The molecule has 0 bridgehead atoms. The summed E-state index contributed by atoms with van der Waals surface area (Å²) < 4.78 is 7.27. The molecule has 4 aromatic heterocycles. The van der Waals surface area contributed by atoms with E-state index in [9.17, 15) is 0 Å². The number of aromatic nitrogens is 3. The first-order chi connectivity index (χ1) is 21.3. The normalized spacial score (nSPS) is 12.2. The molecule has 0 radical (unpaired) electrons. The van der Waals surface area contributed by atoms with E-state index in [1.807, 2.05) is 11.3 Å². The van der Waals surface area contributed by atoms with Crippen molar-refractivity contribution in [3.05, 3.63) is 127 Å². The third kappa shape index (κ3) is 3.18. The molecule has 6 aromatic carbocycles. The first-order valence-electron chi connectivity index (χ1n) is 14.4. The molecule has 0 aliphatic heterocycles. The standard InChI is InChI=1S/C38H21N3S2/c1-2-12-22(13-3-1)33-37-34(27-18-8-11-21-30(27)43-37)40-38(39-33)41-28-19-9-6-16-25(28)31-23-14-4-5-15-24(23)36-32(35(31)41)26-17-7-10-20-29(26)42-36/h1-21H. The van der Waals surface area contributed by atoms with E-state index in [1.54, 1.807) is 11.3 Å². The van der Waals surface area contributed by atoms with Gasteiger partial charge in [0.25, 0.3) is 0 Å². The Morgan fingerprint density at radius 2 is 1.07 bits per heavy atom. The third-order valence-corrected chi connectivity index (χ3v) is 11.0. The second-order valence-electron chi connectivity index (χ2n) is 10.9. The average molecular weight is 584 g/mol. The summed E-state index contributed by atoms with van der Waals surface area (Å²) in [6.45, 7) is 0. The summed E-state index contributed by atoms with van der Waals surface area (Å²) in [6, 6.07) is 45.5. The van der Waals surface area contributed by atoms with Crippen LogP contribution in [0.1, 0.15) is 0 Å². The Balaban J connectivity index is 1.48. The lowest BCUT2D eigenvalue weighted by Gasteiger charge is -2.11. The van der Waals surface area contributed by atoms with Crippen molar-refractivity contribution in [1.82, 2.24) is 14.5 Å². The highest BCUT2D eigenvalue weighted by molar-refractivity contribution is 7.27. The molecule has 3 nitrogen and oxygen atoms in total. The largest absolute Gasteiger partial charge is 0.277 e. The van der Waals surface area contributed by atoms with Gasteiger partial charge >= 0.3 is 0 Å². The Bertz CT molecular complexity index is 2730. The quantitative estimate of drug-likeness (QED) is 0.203. The summed E-state index contributed by atoms with van der Waals surface area (Å²) >= 11 is 3.64. The minimum absolute atomic E-state index is 0.702. The number of hydrogen-bond acceptors (Lipinski definition) is 4. The Labute approximate surface area is 253 Å². The van der Waals surface area contributed by atoms with Crippen LogP contribution in [0.3, 0.4) is 0 Å². The fourth-order valence-electron chi connectivity index (χ4n) is 6.80. The Morgan fingerprint density at radius 1 is 0.465 bits per heavy atom. The fourth-order valence-corrected chi connectivity index (χ4v) is 9.19. The maximum Gasteiger partial charge on any atom is 0.235 e. The van der Waals surface area contributed by atoms with Gasteiger partial charge in [0.2, 0.25) is 5.95 Å². The Kier molecular flexibility index (Phi) is 4.75. The summed E-state index contributed by atoms with van der Waals surface area (Å²) in [5.74, 6) is 0.702. The van der Waals surface area contributed by atoms with Crippen LogP contribution in [-0.2, 0) is 0 Å². The summed E-state index contributed by atoms with van der Waals surface area (Å²) in [7, 11) is 0. The summed E-state index contributed by atoms with van der Waals surface area (Å²) in [5, 5.41) is 8.73. The number of rotatable bonds is 2. The Hall–Kier alpha value is -5.10. The zero-order valence-electron chi connectivity index (χ0n) is 22.8. The highest BCUT2D eigenvalue weighted by Gasteiger charge is 2.24. The number of para-hydroxylation sites is 1. The van der Waals surface area contributed by atoms with Gasteiger partial charge in [-0.2, -0.15) is 0 Å². The van der Waals surface area contributed by atoms with Gasteiger partial charge in [0.1, 0.15) is 0 Å². The van der Waals surface area contributed by atoms with Crippen LogP contribution in [0.4, 0.5) is 0 Å². The molecule has 0 saturated heterocycles. The van der Waals surface area contributed by atoms with E-state index in [0.29, 0.717) is 5.95 Å². The van der Waals surface area contributed by atoms with Gasteiger partial charge in [-0.05, 0) is 23.6 Å². The molecule has 4 heterocycles. The van der Waals surface area contributed by atoms with E-state index >= 15 is 0 Å². The first kappa shape index (κ1) is 23.5. The van der Waals surface area contributed by atoms with Gasteiger partial charge in [-0.15, -0.1) is 22.7 Å². The molecular formula is C38H21N3S2. The van der Waals surface area contributed by atoms with Gasteiger partial charge < -0.3 is 0 Å². The van der Waals surface area contributed by atoms with Gasteiger partial charge in [0.15, 0.2) is 0 Å². The summed E-state index contributed by atoms with van der Waals surface area (Å²) in [4.78, 5) is 10.8. The zero-order chi connectivity index (χ0) is 28.1. The highest BCUT2D eigenvalue weighted by Crippen LogP contribution is 2.48. The minimum Gasteiger partial charge on any atom is -0.277 e. The molecule has 0 aliphatic rings. The predicted molar refractivity (Wildman–Crippen MR) is 185 cm³/mol. The minimum atomic E-state index is 0.702. The predicted octanol–water partition coefficient (Wildman–Crippen LogP) is 11.1. The number of nitrogens with zero attached hydrogens (tertiary/aromatic N) is 3. The fraction of sp³-hybridized carbons (Fsp3) is 0. The van der Waals surface area contributed by atoms with Crippen molar-refractivity contribution in [2.24, 2.45) is 0 Å². The van der Waals surface area contributed by atoms with E-state index in [2.05, 4.69) is 132 Å². The van der Waals surface area contributed by atoms with Crippen molar-refractivity contribution < 1.29 is 0 Å². The van der Waals surface area contributed by atoms with Gasteiger partial charge in [-0.1, -0.05) is 109 Å². The molecule has 0 saturated carbocycles. The lowest BCUT2D eigenvalue weighted by atomic mass is 10.00. The van der Waals surface area contributed by atoms with Gasteiger partial charge in [-0.3, -0.25) is 4.57 Å². The average Bonchev–Trinajstić information content (AvgIpc) is 3.75. The molecule has 10 rings (SSSR count). The molecular weight excluding hydrogens is 563 g/mol. The maximum atomic E-state index is 5.43. The summed E-state index contributed by atoms with van der Waals surface area (Å²) in [6.07, 6.45) is 0. The lowest BCUT2D eigenvalue weighted by molar-refractivity contribution is 1.02. The van der Waals surface area contributed by atoms with Crippen molar-refractivity contribution >= 4 is 95.7 Å². The second-order valence-corrected chi connectivity index (χ2v) is 13.0. The number of thiophene rings is 2. The van der Waals surface area contributed by atoms with Crippen molar-refractivity contribution in [1.29, 1.82) is 0 Å². The van der Waals surface area contributed by atoms with Crippen LogP contribution < -0.4 is 0 Å². The molecule has 0 fully saturated rings. The maximum absolute atomic E-state index is 5.43. The first-order valence-corrected chi connectivity index (χ1v) is 16.0. The van der Waals surface area contributed by atoms with E-state index in [-0.39, 0.29) is 0 Å². The van der Waals surface area contributed by atoms with E-state index in [1.165, 1.54) is 57.3 Å². The van der Waals surface area contributed by atoms with Crippen molar-refractivity contribution in [2.45, 2.75) is 0 Å². The number of benzene rings is 6. The third-order valence-electron chi connectivity index (χ3n) is 8.60. The van der Waals surface area contributed by atoms with Crippen LogP contribution in [-0.4, -0.2) is 14.5 Å². The van der Waals surface area contributed by atoms with Crippen LogP contribution >= 0.6 is 22.7 Å². The monoisotopic (exact) mass is 583 g/mol. The molecule has 5 heteroatoms. The summed E-state index contributed by atoms with van der Waals surface area (Å²) in [5.41, 5.74) is 5.36. The van der Waals surface area contributed by atoms with Gasteiger partial charge in [0.05, 0.1) is 26.9 Å². The molecule has 0 aliphatic carbocycles. The topological polar surface area (TPSA) is 30.7 Å². The van der Waals surface area contributed by atoms with E-state index in [0.717, 1.165) is 27.0 Å². The highest BCUT2D eigenvalue weighted by atomic mass is 32.1. The number of hydrogen-bond donors (Lipinski definition) is 0. The van der Waals surface area contributed by atoms with Crippen molar-refractivity contribution in [3.63, 3.8) is 0 Å². The van der Waals surface area contributed by atoms with Crippen LogP contribution in [0.2, 0.25) is 0 Å². The molecule has 200 valence electrons. The van der Waals surface area contributed by atoms with Crippen molar-refractivity contribution in [2.75, 3.05) is 0 Å². The molecule has 0 amide bonds. The zero-order valence-corrected chi connectivity index (χ0v) is 24.4. The molecule has 0 spiro atoms. The molecule has 0 unspecified atom stereocenters. The van der Waals surface area contributed by atoms with Crippen LogP contribution in [0, 0.1) is 0 Å². The smallest absolute Gasteiger partial charge is 0.235 e.